The largest absolute Gasteiger partial charge is 0.474 e. The molecule has 1 aliphatic heterocycles. The number of nitrogens with zero attached hydrogens (tertiary/aromatic N) is 2. The van der Waals surface area contributed by atoms with Crippen LogP contribution in [0, 0.1) is 17.9 Å². The zero-order valence-corrected chi connectivity index (χ0v) is 24.4. The first-order valence-electron chi connectivity index (χ1n) is 15.0. The first-order valence-corrected chi connectivity index (χ1v) is 15.0. The van der Waals surface area contributed by atoms with E-state index in [1.54, 1.807) is 12.1 Å². The molecule has 0 radical (unpaired) electrons. The highest BCUT2D eigenvalue weighted by molar-refractivity contribution is 6.02. The van der Waals surface area contributed by atoms with Gasteiger partial charge in [0.05, 0.1) is 29.8 Å². The number of aliphatic hydroxyl groups is 1. The lowest BCUT2D eigenvalue weighted by molar-refractivity contribution is -0.0131. The number of fused-ring (bicyclic) bond motifs is 9. The Morgan fingerprint density at radius 3 is 2.71 bits per heavy atom. The van der Waals surface area contributed by atoms with Gasteiger partial charge in [-0.05, 0) is 68.7 Å². The third kappa shape index (κ3) is 4.56. The van der Waals surface area contributed by atoms with Crippen molar-refractivity contribution in [3.8, 4) is 5.75 Å². The van der Waals surface area contributed by atoms with Crippen molar-refractivity contribution < 1.29 is 14.6 Å². The summed E-state index contributed by atoms with van der Waals surface area (Å²) in [6.07, 6.45) is 13.2. The van der Waals surface area contributed by atoms with E-state index in [4.69, 9.17) is 14.7 Å². The quantitative estimate of drug-likeness (QED) is 0.212. The molecule has 6 nitrogen and oxygen atoms in total. The summed E-state index contributed by atoms with van der Waals surface area (Å²) in [5.74, 6) is 2.08. The lowest BCUT2D eigenvalue weighted by Crippen LogP contribution is -2.47. The number of aromatic nitrogens is 2. The predicted molar refractivity (Wildman–Crippen MR) is 166 cm³/mol. The van der Waals surface area contributed by atoms with Gasteiger partial charge in [-0.2, -0.15) is 0 Å². The SMILES string of the molecule is C[C@@H]1CC[C@@H]2[C@@H](C1)c1c(c3c(c4nc5cc(C(=O)N[C@@H](CO)Cc6ccccc6)ccc5nc14)C=C[C+]=C3)OC2(C)C. The highest BCUT2D eigenvalue weighted by Crippen LogP contribution is 2.56. The van der Waals surface area contributed by atoms with Crippen molar-refractivity contribution in [2.75, 3.05) is 6.61 Å². The molecule has 0 spiro atoms. The van der Waals surface area contributed by atoms with Crippen molar-refractivity contribution in [1.29, 1.82) is 0 Å². The van der Waals surface area contributed by atoms with Crippen molar-refractivity contribution in [2.24, 2.45) is 11.8 Å². The van der Waals surface area contributed by atoms with Gasteiger partial charge in [0.1, 0.15) is 39.9 Å². The molecule has 2 aliphatic carbocycles. The number of hydrogen-bond acceptors (Lipinski definition) is 5. The van der Waals surface area contributed by atoms with Crippen LogP contribution in [0.3, 0.4) is 0 Å². The summed E-state index contributed by atoms with van der Waals surface area (Å²) in [5, 5.41) is 12.9. The van der Waals surface area contributed by atoms with Crippen molar-refractivity contribution in [2.45, 2.75) is 64.0 Å². The van der Waals surface area contributed by atoms with Gasteiger partial charge in [0.2, 0.25) is 0 Å². The Balaban J connectivity index is 1.32. The average Bonchev–Trinajstić information content (AvgIpc) is 2.99. The molecule has 0 saturated heterocycles. The maximum absolute atomic E-state index is 13.3. The van der Waals surface area contributed by atoms with Crippen LogP contribution in [-0.4, -0.2) is 39.2 Å². The number of carbonyl (C=O) groups excluding carboxylic acids is 1. The first-order chi connectivity index (χ1) is 20.3. The number of hydrogen-bond donors (Lipinski definition) is 2. The predicted octanol–water partition coefficient (Wildman–Crippen LogP) is 6.65. The molecular formula is C36H36N3O3+. The Kier molecular flexibility index (Phi) is 6.56. The van der Waals surface area contributed by atoms with Gasteiger partial charge in [0.25, 0.3) is 5.91 Å². The molecule has 1 saturated carbocycles. The second-order valence-corrected chi connectivity index (χ2v) is 12.7. The van der Waals surface area contributed by atoms with Crippen LogP contribution in [0.25, 0.3) is 34.2 Å². The molecule has 0 unspecified atom stereocenters. The Bertz CT molecular complexity index is 1760. The van der Waals surface area contributed by atoms with Gasteiger partial charge < -0.3 is 15.2 Å². The first kappa shape index (κ1) is 26.8. The summed E-state index contributed by atoms with van der Waals surface area (Å²) in [5.41, 5.74) is 7.59. The van der Waals surface area contributed by atoms with Crippen molar-refractivity contribution in [3.63, 3.8) is 0 Å². The van der Waals surface area contributed by atoms with E-state index in [1.807, 2.05) is 54.6 Å². The van der Waals surface area contributed by atoms with Crippen LogP contribution in [0.4, 0.5) is 0 Å². The number of benzene rings is 3. The number of ether oxygens (including phenoxy) is 1. The van der Waals surface area contributed by atoms with Crippen LogP contribution >= 0.6 is 0 Å². The smallest absolute Gasteiger partial charge is 0.251 e. The monoisotopic (exact) mass is 558 g/mol. The fraction of sp³-hybridized carbons (Fsp3) is 0.361. The van der Waals surface area contributed by atoms with Crippen LogP contribution in [0.2, 0.25) is 0 Å². The zero-order valence-electron chi connectivity index (χ0n) is 24.4. The minimum absolute atomic E-state index is 0.146. The lowest BCUT2D eigenvalue weighted by atomic mass is 9.63. The molecule has 4 atom stereocenters. The number of allylic oxidation sites excluding steroid dienone is 2. The standard InChI is InChI=1S/C36H35N3O3/c1-21-13-15-28-27(17-21)31-33-32(25-11-7-8-12-26(25)34(31)42-36(28,2)3)39-30-19-23(14-16-29(30)38-33)35(41)37-24(20-40)18-22-9-5-4-6-10-22/h4-7,9-12,14,16,19,21,24,27-28,40H,13,15,17-18,20H2,1-3H3/p+1/t21-,24-,27-,28-/m1/s1. The second-order valence-electron chi connectivity index (χ2n) is 12.7. The van der Waals surface area contributed by atoms with Crippen molar-refractivity contribution in [1.82, 2.24) is 15.3 Å². The van der Waals surface area contributed by atoms with E-state index in [0.29, 0.717) is 35.3 Å². The molecule has 0 bridgehead atoms. The minimum Gasteiger partial charge on any atom is -0.474 e. The topological polar surface area (TPSA) is 84.3 Å². The van der Waals surface area contributed by atoms with Gasteiger partial charge in [-0.1, -0.05) is 43.7 Å². The number of nitrogens with one attached hydrogen (secondary N) is 1. The second kappa shape index (κ2) is 10.3. The van der Waals surface area contributed by atoms with Gasteiger partial charge in [-0.3, -0.25) is 4.79 Å². The van der Waals surface area contributed by atoms with Crippen LogP contribution < -0.4 is 10.1 Å². The maximum Gasteiger partial charge on any atom is 0.251 e. The molecule has 1 aromatic heterocycles. The summed E-state index contributed by atoms with van der Waals surface area (Å²) in [6.45, 7) is 6.66. The van der Waals surface area contributed by atoms with Crippen molar-refractivity contribution >= 4 is 40.1 Å². The zero-order chi connectivity index (χ0) is 29.0. The number of carbonyl (C=O) groups is 1. The van der Waals surface area contributed by atoms with Crippen molar-refractivity contribution in [3.05, 3.63) is 88.5 Å². The van der Waals surface area contributed by atoms with E-state index < -0.39 is 0 Å². The third-order valence-electron chi connectivity index (χ3n) is 9.41. The normalized spacial score (nSPS) is 22.4. The maximum atomic E-state index is 13.3. The van der Waals surface area contributed by atoms with Crippen LogP contribution in [-0.2, 0) is 6.42 Å². The molecule has 1 fully saturated rings. The molecule has 6 heteroatoms. The Hall–Kier alpha value is -4.12. The highest BCUT2D eigenvalue weighted by Gasteiger charge is 2.49. The van der Waals surface area contributed by atoms with E-state index in [0.717, 1.165) is 51.8 Å². The summed E-state index contributed by atoms with van der Waals surface area (Å²) in [4.78, 5) is 23.6. The van der Waals surface area contributed by atoms with Crippen LogP contribution in [0.15, 0.2) is 54.6 Å². The number of aliphatic hydroxyl groups excluding tert-OH is 1. The molecule has 7 rings (SSSR count). The third-order valence-corrected chi connectivity index (χ3v) is 9.41. The highest BCUT2D eigenvalue weighted by atomic mass is 16.5. The summed E-state index contributed by atoms with van der Waals surface area (Å²) < 4.78 is 6.84. The number of amides is 1. The molecule has 1 amide bonds. The fourth-order valence-electron chi connectivity index (χ4n) is 7.30. The molecular weight excluding hydrogens is 522 g/mol. The Morgan fingerprint density at radius 2 is 1.90 bits per heavy atom. The Labute approximate surface area is 246 Å². The van der Waals surface area contributed by atoms with E-state index in [1.165, 1.54) is 12.0 Å². The van der Waals surface area contributed by atoms with Gasteiger partial charge in [-0.15, -0.1) is 0 Å². The van der Waals surface area contributed by atoms with E-state index >= 15 is 0 Å². The summed E-state index contributed by atoms with van der Waals surface area (Å²) in [6, 6.07) is 14.9. The van der Waals surface area contributed by atoms with Crippen LogP contribution in [0.1, 0.15) is 78.6 Å². The lowest BCUT2D eigenvalue weighted by Gasteiger charge is -2.48. The molecule has 4 aromatic rings. The molecule has 2 heterocycles. The van der Waals surface area contributed by atoms with Gasteiger partial charge in [0.15, 0.2) is 5.75 Å². The van der Waals surface area contributed by atoms with Crippen LogP contribution in [0.5, 0.6) is 5.75 Å². The van der Waals surface area contributed by atoms with Gasteiger partial charge in [-0.25, -0.2) is 9.97 Å². The molecule has 212 valence electrons. The summed E-state index contributed by atoms with van der Waals surface area (Å²) in [7, 11) is 0. The van der Waals surface area contributed by atoms with E-state index in [-0.39, 0.29) is 24.2 Å². The molecule has 3 aromatic carbocycles. The average molecular weight is 559 g/mol. The van der Waals surface area contributed by atoms with Gasteiger partial charge >= 0.3 is 0 Å². The number of rotatable bonds is 5. The summed E-state index contributed by atoms with van der Waals surface area (Å²) >= 11 is 0. The molecule has 2 N–H and O–H groups in total. The van der Waals surface area contributed by atoms with Gasteiger partial charge in [0, 0.05) is 23.1 Å². The minimum atomic E-state index is -0.389. The molecule has 3 aliphatic rings. The van der Waals surface area contributed by atoms with E-state index in [2.05, 4.69) is 32.2 Å². The Morgan fingerprint density at radius 1 is 1.10 bits per heavy atom. The van der Waals surface area contributed by atoms with E-state index in [9.17, 15) is 9.90 Å². The fourth-order valence-corrected chi connectivity index (χ4v) is 7.30. The molecule has 42 heavy (non-hydrogen) atoms.